The second-order valence-electron chi connectivity index (χ2n) is 7.70. The fourth-order valence-electron chi connectivity index (χ4n) is 3.08. The second-order valence-corrected chi connectivity index (χ2v) is 7.70. The van der Waals surface area contributed by atoms with Gasteiger partial charge in [-0.2, -0.15) is 0 Å². The van der Waals surface area contributed by atoms with Crippen LogP contribution in [-0.2, 0) is 16.0 Å². The van der Waals surface area contributed by atoms with Gasteiger partial charge in [-0.05, 0) is 36.8 Å². The number of benzene rings is 1. The van der Waals surface area contributed by atoms with Crippen molar-refractivity contribution in [2.75, 3.05) is 6.61 Å². The van der Waals surface area contributed by atoms with Crippen molar-refractivity contribution in [2.24, 2.45) is 5.92 Å². The monoisotopic (exact) mass is 346 g/mol. The normalized spacial score (nSPS) is 12.4. The van der Waals surface area contributed by atoms with Crippen molar-refractivity contribution in [3.8, 4) is 0 Å². The molecule has 0 saturated carbocycles. The SMILES string of the molecule is CCCCCCCCCCOC(=O)C(C)c1ccc(CC(C)C)cc1. The van der Waals surface area contributed by atoms with Crippen LogP contribution in [0.15, 0.2) is 24.3 Å². The maximum atomic E-state index is 12.2. The van der Waals surface area contributed by atoms with Crippen LogP contribution in [0, 0.1) is 5.92 Å². The Labute approximate surface area is 155 Å². The van der Waals surface area contributed by atoms with Gasteiger partial charge in [0.1, 0.15) is 0 Å². The van der Waals surface area contributed by atoms with Crippen molar-refractivity contribution < 1.29 is 9.53 Å². The molecule has 0 aliphatic heterocycles. The summed E-state index contributed by atoms with van der Waals surface area (Å²) in [5.41, 5.74) is 2.38. The fourth-order valence-corrected chi connectivity index (χ4v) is 3.08. The van der Waals surface area contributed by atoms with E-state index in [0.29, 0.717) is 12.5 Å². The standard InChI is InChI=1S/C23H38O2/c1-5-6-7-8-9-10-11-12-17-25-23(24)20(4)22-15-13-21(14-16-22)18-19(2)3/h13-16,19-20H,5-12,17-18H2,1-4H3. The molecule has 25 heavy (non-hydrogen) atoms. The predicted molar refractivity (Wildman–Crippen MR) is 107 cm³/mol. The fraction of sp³-hybridized carbons (Fsp3) is 0.696. The molecular weight excluding hydrogens is 308 g/mol. The quantitative estimate of drug-likeness (QED) is 0.294. The molecule has 1 atom stereocenters. The van der Waals surface area contributed by atoms with Crippen molar-refractivity contribution in [3.63, 3.8) is 0 Å². The van der Waals surface area contributed by atoms with E-state index in [0.717, 1.165) is 24.8 Å². The summed E-state index contributed by atoms with van der Waals surface area (Å²) in [5, 5.41) is 0. The van der Waals surface area contributed by atoms with E-state index in [1.54, 1.807) is 0 Å². The summed E-state index contributed by atoms with van der Waals surface area (Å²) in [6.45, 7) is 9.19. The molecule has 1 aromatic rings. The summed E-state index contributed by atoms with van der Waals surface area (Å²) in [7, 11) is 0. The van der Waals surface area contributed by atoms with Crippen LogP contribution in [0.2, 0.25) is 0 Å². The lowest BCUT2D eigenvalue weighted by atomic mass is 9.97. The highest BCUT2D eigenvalue weighted by molar-refractivity contribution is 5.77. The van der Waals surface area contributed by atoms with Crippen molar-refractivity contribution in [3.05, 3.63) is 35.4 Å². The van der Waals surface area contributed by atoms with E-state index < -0.39 is 0 Å². The smallest absolute Gasteiger partial charge is 0.313 e. The molecule has 1 rings (SSSR count). The number of unbranched alkanes of at least 4 members (excludes halogenated alkanes) is 7. The first kappa shape index (κ1) is 21.7. The van der Waals surface area contributed by atoms with Gasteiger partial charge in [-0.25, -0.2) is 0 Å². The van der Waals surface area contributed by atoms with Gasteiger partial charge in [0.25, 0.3) is 0 Å². The molecule has 0 radical (unpaired) electrons. The number of carbonyl (C=O) groups is 1. The number of rotatable bonds is 13. The largest absolute Gasteiger partial charge is 0.465 e. The summed E-state index contributed by atoms with van der Waals surface area (Å²) in [6, 6.07) is 8.41. The Morgan fingerprint density at radius 1 is 0.880 bits per heavy atom. The predicted octanol–water partition coefficient (Wildman–Crippen LogP) is 6.67. The first-order valence-electron chi connectivity index (χ1n) is 10.3. The highest BCUT2D eigenvalue weighted by Crippen LogP contribution is 2.19. The molecule has 0 saturated heterocycles. The maximum Gasteiger partial charge on any atom is 0.313 e. The van der Waals surface area contributed by atoms with Gasteiger partial charge in [-0.3, -0.25) is 4.79 Å². The van der Waals surface area contributed by atoms with E-state index in [1.165, 1.54) is 44.1 Å². The van der Waals surface area contributed by atoms with Gasteiger partial charge in [0.15, 0.2) is 0 Å². The van der Waals surface area contributed by atoms with E-state index in [-0.39, 0.29) is 11.9 Å². The van der Waals surface area contributed by atoms with E-state index in [1.807, 2.05) is 6.92 Å². The van der Waals surface area contributed by atoms with Crippen LogP contribution < -0.4 is 0 Å². The van der Waals surface area contributed by atoms with Gasteiger partial charge < -0.3 is 4.74 Å². The average Bonchev–Trinajstić information content (AvgIpc) is 2.59. The maximum absolute atomic E-state index is 12.2. The van der Waals surface area contributed by atoms with Gasteiger partial charge in [0, 0.05) is 0 Å². The van der Waals surface area contributed by atoms with Crippen molar-refractivity contribution in [1.82, 2.24) is 0 Å². The van der Waals surface area contributed by atoms with Crippen LogP contribution >= 0.6 is 0 Å². The third-order valence-electron chi connectivity index (χ3n) is 4.72. The van der Waals surface area contributed by atoms with Gasteiger partial charge in [-0.1, -0.05) is 90.0 Å². The van der Waals surface area contributed by atoms with Crippen LogP contribution in [0.5, 0.6) is 0 Å². The molecule has 1 unspecified atom stereocenters. The Hall–Kier alpha value is -1.31. The van der Waals surface area contributed by atoms with E-state index in [2.05, 4.69) is 45.0 Å². The zero-order chi connectivity index (χ0) is 18.5. The van der Waals surface area contributed by atoms with Crippen LogP contribution in [-0.4, -0.2) is 12.6 Å². The number of hydrogen-bond acceptors (Lipinski definition) is 2. The molecule has 0 bridgehead atoms. The number of ether oxygens (including phenoxy) is 1. The Morgan fingerprint density at radius 3 is 2.00 bits per heavy atom. The zero-order valence-electron chi connectivity index (χ0n) is 16.9. The van der Waals surface area contributed by atoms with E-state index in [9.17, 15) is 4.79 Å². The lowest BCUT2D eigenvalue weighted by Crippen LogP contribution is -2.14. The van der Waals surface area contributed by atoms with Gasteiger partial charge >= 0.3 is 5.97 Å². The molecule has 0 aliphatic rings. The molecule has 0 amide bonds. The Balaban J connectivity index is 2.19. The number of esters is 1. The lowest BCUT2D eigenvalue weighted by Gasteiger charge is -2.13. The van der Waals surface area contributed by atoms with Crippen LogP contribution in [0.1, 0.15) is 96.1 Å². The Morgan fingerprint density at radius 2 is 1.44 bits per heavy atom. The minimum atomic E-state index is -0.179. The van der Waals surface area contributed by atoms with Gasteiger partial charge in [0.05, 0.1) is 12.5 Å². The second kappa shape index (κ2) is 13.0. The molecule has 2 heteroatoms. The third-order valence-corrected chi connectivity index (χ3v) is 4.72. The molecule has 1 aromatic carbocycles. The first-order valence-corrected chi connectivity index (χ1v) is 10.3. The topological polar surface area (TPSA) is 26.3 Å². The molecule has 0 N–H and O–H groups in total. The van der Waals surface area contributed by atoms with Crippen LogP contribution in [0.25, 0.3) is 0 Å². The molecule has 0 aromatic heterocycles. The summed E-state index contributed by atoms with van der Waals surface area (Å²) in [6.07, 6.45) is 11.2. The Kier molecular flexibility index (Phi) is 11.3. The van der Waals surface area contributed by atoms with Crippen molar-refractivity contribution in [2.45, 2.75) is 91.4 Å². The summed E-state index contributed by atoms with van der Waals surface area (Å²) < 4.78 is 5.46. The third kappa shape index (κ3) is 9.67. The Bertz CT molecular complexity index is 461. The minimum absolute atomic E-state index is 0.0976. The molecule has 142 valence electrons. The highest BCUT2D eigenvalue weighted by Gasteiger charge is 2.16. The number of hydrogen-bond donors (Lipinski definition) is 0. The summed E-state index contributed by atoms with van der Waals surface area (Å²) >= 11 is 0. The van der Waals surface area contributed by atoms with E-state index >= 15 is 0 Å². The first-order chi connectivity index (χ1) is 12.0. The van der Waals surface area contributed by atoms with E-state index in [4.69, 9.17) is 4.74 Å². The summed E-state index contributed by atoms with van der Waals surface area (Å²) in [4.78, 5) is 12.2. The molecule has 0 fully saturated rings. The minimum Gasteiger partial charge on any atom is -0.465 e. The van der Waals surface area contributed by atoms with Gasteiger partial charge in [0.2, 0.25) is 0 Å². The zero-order valence-corrected chi connectivity index (χ0v) is 16.9. The summed E-state index contributed by atoms with van der Waals surface area (Å²) in [5.74, 6) is 0.376. The number of carbonyl (C=O) groups excluding carboxylic acids is 1. The van der Waals surface area contributed by atoms with Crippen LogP contribution in [0.4, 0.5) is 0 Å². The molecular formula is C23H38O2. The average molecular weight is 347 g/mol. The van der Waals surface area contributed by atoms with Gasteiger partial charge in [-0.15, -0.1) is 0 Å². The molecule has 0 spiro atoms. The molecule has 2 nitrogen and oxygen atoms in total. The van der Waals surface area contributed by atoms with Crippen LogP contribution in [0.3, 0.4) is 0 Å². The highest BCUT2D eigenvalue weighted by atomic mass is 16.5. The molecule has 0 aliphatic carbocycles. The van der Waals surface area contributed by atoms with Crippen molar-refractivity contribution >= 4 is 5.97 Å². The van der Waals surface area contributed by atoms with Crippen molar-refractivity contribution in [1.29, 1.82) is 0 Å². The molecule has 0 heterocycles. The lowest BCUT2D eigenvalue weighted by molar-refractivity contribution is -0.145.